The van der Waals surface area contributed by atoms with Crippen LogP contribution in [0.4, 0.5) is 0 Å². The average Bonchev–Trinajstić information content (AvgIpc) is 3.58. The van der Waals surface area contributed by atoms with Crippen LogP contribution >= 0.6 is 0 Å². The van der Waals surface area contributed by atoms with Gasteiger partial charge in [0.05, 0.1) is 11.4 Å². The molecule has 1 aliphatic carbocycles. The van der Waals surface area contributed by atoms with Crippen molar-refractivity contribution in [1.82, 2.24) is 19.3 Å². The second kappa shape index (κ2) is 15.1. The first-order valence-corrected chi connectivity index (χ1v) is 19.1. The molecular weight excluding hydrogens is 832 g/mol. The predicted molar refractivity (Wildman–Crippen MR) is 215 cm³/mol. The number of pyridine rings is 1. The maximum atomic E-state index is 6.73. The fourth-order valence-electron chi connectivity index (χ4n) is 8.63. The van der Waals surface area contributed by atoms with Crippen molar-refractivity contribution >= 4 is 21.8 Å². The van der Waals surface area contributed by atoms with Gasteiger partial charge in [0.1, 0.15) is 5.82 Å². The number of benzene rings is 3. The number of para-hydroxylation sites is 1. The van der Waals surface area contributed by atoms with Crippen LogP contribution in [0.15, 0.2) is 78.5 Å². The Morgan fingerprint density at radius 3 is 2.36 bits per heavy atom. The first-order chi connectivity index (χ1) is 24.7. The van der Waals surface area contributed by atoms with Crippen LogP contribution in [0.1, 0.15) is 116 Å². The number of ether oxygens (including phenoxy) is 1. The summed E-state index contributed by atoms with van der Waals surface area (Å²) in [4.78, 5) is 4.85. The molecule has 3 aromatic heterocycles. The minimum Gasteiger partial charge on any atom is -0.509 e. The molecule has 3 heterocycles. The van der Waals surface area contributed by atoms with E-state index in [1.807, 2.05) is 12.3 Å². The zero-order valence-corrected chi connectivity index (χ0v) is 35.5. The average molecular weight is 886 g/mol. The van der Waals surface area contributed by atoms with Gasteiger partial charge in [0, 0.05) is 40.1 Å². The van der Waals surface area contributed by atoms with Crippen LogP contribution in [-0.4, -0.2) is 19.3 Å². The first-order valence-electron chi connectivity index (χ1n) is 19.1. The third kappa shape index (κ3) is 7.57. The van der Waals surface area contributed by atoms with E-state index in [2.05, 4.69) is 158 Å². The molecule has 3 aromatic carbocycles. The summed E-state index contributed by atoms with van der Waals surface area (Å²) >= 11 is 0. The second-order valence-electron chi connectivity index (χ2n) is 17.1. The summed E-state index contributed by atoms with van der Waals surface area (Å²) in [6.45, 7) is 25.1. The van der Waals surface area contributed by atoms with E-state index in [9.17, 15) is 0 Å². The van der Waals surface area contributed by atoms with Gasteiger partial charge in [-0.1, -0.05) is 97.7 Å². The molecule has 0 saturated carbocycles. The molecule has 5 nitrogen and oxygen atoms in total. The molecule has 6 aromatic rings. The third-order valence-electron chi connectivity index (χ3n) is 10.7. The summed E-state index contributed by atoms with van der Waals surface area (Å²) in [7, 11) is 0. The number of hydrogen-bond donors (Lipinski definition) is 0. The van der Waals surface area contributed by atoms with Crippen molar-refractivity contribution < 1.29 is 25.8 Å². The smallest absolute Gasteiger partial charge is 0.509 e. The van der Waals surface area contributed by atoms with Crippen molar-refractivity contribution in [2.75, 3.05) is 0 Å². The van der Waals surface area contributed by atoms with Crippen LogP contribution in [0.5, 0.6) is 11.5 Å². The van der Waals surface area contributed by atoms with Gasteiger partial charge in [-0.05, 0) is 85.2 Å². The Hall–Kier alpha value is -3.95. The first kappa shape index (κ1) is 38.8. The van der Waals surface area contributed by atoms with Crippen molar-refractivity contribution in [3.05, 3.63) is 119 Å². The van der Waals surface area contributed by atoms with Crippen LogP contribution in [0.25, 0.3) is 33.3 Å². The molecule has 0 bridgehead atoms. The summed E-state index contributed by atoms with van der Waals surface area (Å²) < 4.78 is 11.1. The van der Waals surface area contributed by atoms with Crippen molar-refractivity contribution in [3.8, 4) is 23.0 Å². The van der Waals surface area contributed by atoms with E-state index in [1.165, 1.54) is 39.8 Å². The number of rotatable bonds is 8. The minimum absolute atomic E-state index is 0. The molecule has 53 heavy (non-hydrogen) atoms. The number of aryl methyl sites for hydroxylation is 1. The molecule has 0 fully saturated rings. The number of aromatic nitrogens is 4. The van der Waals surface area contributed by atoms with E-state index in [-0.39, 0.29) is 32.4 Å². The second-order valence-corrected chi connectivity index (χ2v) is 17.1. The number of hydrogen-bond acceptors (Lipinski definition) is 3. The topological polar surface area (TPSA) is 44.9 Å². The molecule has 0 N–H and O–H groups in total. The fourth-order valence-corrected chi connectivity index (χ4v) is 8.63. The number of nitrogens with zero attached hydrogens (tertiary/aromatic N) is 4. The standard InChI is InChI=1S/C47H54N4O.Pt/c1-28(2)20-34-18-19-48-43(23-34)50-41-15-13-12-14-39(41)40-17-16-37(27-42(40)50)52-38-25-35(29(3)4)24-36(26-38)51-46(47(9,10)11)45(33(8)49-51)44-31(6)21-30(5)22-32(44)7;/h12-19,21,23-25,28-30,32,44H,20,22H2,1-11H3;/q-2;+2/t30-,32-,44?;/m0./s1. The summed E-state index contributed by atoms with van der Waals surface area (Å²) in [5, 5.41) is 7.56. The van der Waals surface area contributed by atoms with Crippen molar-refractivity contribution in [3.63, 3.8) is 0 Å². The Bertz CT molecular complexity index is 2300. The van der Waals surface area contributed by atoms with Crippen molar-refractivity contribution in [2.24, 2.45) is 17.8 Å². The van der Waals surface area contributed by atoms with E-state index in [4.69, 9.17) is 14.8 Å². The SMILES string of the molecule is CC1=C[C@H](C)C[C@H](C)C1c1c(C)nn(-c2[c-]c(Oc3[c-]c4c(cc3)c3ccccc3n4-c3cc(CC(C)C)ccn3)cc(C(C)C)c2)c1C(C)(C)C.[Pt+2]. The fraction of sp³-hybridized carbons (Fsp3) is 0.404. The van der Waals surface area contributed by atoms with Crippen molar-refractivity contribution in [1.29, 1.82) is 0 Å². The van der Waals surface area contributed by atoms with Gasteiger partial charge in [-0.25, -0.2) is 4.98 Å². The van der Waals surface area contributed by atoms with Gasteiger partial charge >= 0.3 is 21.1 Å². The van der Waals surface area contributed by atoms with Gasteiger partial charge in [-0.15, -0.1) is 41.3 Å². The monoisotopic (exact) mass is 885 g/mol. The van der Waals surface area contributed by atoms with E-state index in [0.29, 0.717) is 35.2 Å². The normalized spacial score (nSPS) is 17.8. The molecule has 0 aliphatic heterocycles. The van der Waals surface area contributed by atoms with Gasteiger partial charge in [0.15, 0.2) is 0 Å². The van der Waals surface area contributed by atoms with Crippen molar-refractivity contribution in [2.45, 2.75) is 106 Å². The molecule has 0 spiro atoms. The Kier molecular flexibility index (Phi) is 11.0. The third-order valence-corrected chi connectivity index (χ3v) is 10.7. The maximum Gasteiger partial charge on any atom is 2.00 e. The molecule has 1 aliphatic rings. The summed E-state index contributed by atoms with van der Waals surface area (Å²) in [6, 6.07) is 28.7. The number of fused-ring (bicyclic) bond motifs is 3. The van der Waals surface area contributed by atoms with Crippen LogP contribution in [0.3, 0.4) is 0 Å². The summed E-state index contributed by atoms with van der Waals surface area (Å²) in [6.07, 6.45) is 6.57. The predicted octanol–water partition coefficient (Wildman–Crippen LogP) is 12.4. The quantitative estimate of drug-likeness (QED) is 0.113. The van der Waals surface area contributed by atoms with Crippen LogP contribution in [-0.2, 0) is 32.9 Å². The molecule has 7 rings (SSSR count). The Balaban J connectivity index is 0.00000481. The Morgan fingerprint density at radius 2 is 1.66 bits per heavy atom. The summed E-state index contributed by atoms with van der Waals surface area (Å²) in [5.41, 5.74) is 10.4. The zero-order valence-electron chi connectivity index (χ0n) is 33.2. The Labute approximate surface area is 331 Å². The molecule has 0 radical (unpaired) electrons. The van der Waals surface area contributed by atoms with Gasteiger partial charge < -0.3 is 9.30 Å². The van der Waals surface area contributed by atoms with Crippen LogP contribution in [0.2, 0.25) is 0 Å². The molecule has 278 valence electrons. The number of allylic oxidation sites excluding steroid dienone is 2. The minimum atomic E-state index is -0.144. The van der Waals surface area contributed by atoms with E-state index in [1.54, 1.807) is 0 Å². The largest absolute Gasteiger partial charge is 2.00 e. The van der Waals surface area contributed by atoms with Gasteiger partial charge in [0.2, 0.25) is 0 Å². The molecule has 6 heteroatoms. The van der Waals surface area contributed by atoms with Gasteiger partial charge in [-0.3, -0.25) is 4.68 Å². The van der Waals surface area contributed by atoms with Crippen LogP contribution < -0.4 is 4.74 Å². The molecule has 0 amide bonds. The summed E-state index contributed by atoms with van der Waals surface area (Å²) in [5.74, 6) is 4.50. The van der Waals surface area contributed by atoms with Gasteiger partial charge in [-0.2, -0.15) is 11.2 Å². The molecule has 0 saturated heterocycles. The molecule has 3 atom stereocenters. The molecule has 1 unspecified atom stereocenters. The van der Waals surface area contributed by atoms with E-state index in [0.717, 1.165) is 40.0 Å². The van der Waals surface area contributed by atoms with Gasteiger partial charge in [0.25, 0.3) is 0 Å². The van der Waals surface area contributed by atoms with E-state index < -0.39 is 0 Å². The molecular formula is C47H54N4OPt. The van der Waals surface area contributed by atoms with Crippen LogP contribution in [0, 0.1) is 36.8 Å². The zero-order chi connectivity index (χ0) is 37.1. The maximum absolute atomic E-state index is 6.73. The van der Waals surface area contributed by atoms with E-state index >= 15 is 0 Å². The Morgan fingerprint density at radius 1 is 0.906 bits per heavy atom.